The lowest BCUT2D eigenvalue weighted by Crippen LogP contribution is -2.39. The van der Waals surface area contributed by atoms with E-state index in [2.05, 4.69) is 5.32 Å². The molecule has 0 bridgehead atoms. The summed E-state index contributed by atoms with van der Waals surface area (Å²) in [5.41, 5.74) is 1.01. The molecule has 0 aromatic heterocycles. The van der Waals surface area contributed by atoms with E-state index in [1.54, 1.807) is 19.2 Å². The van der Waals surface area contributed by atoms with Crippen LogP contribution in [0.4, 0.5) is 11.4 Å². The molecule has 0 unspecified atom stereocenters. The minimum absolute atomic E-state index is 0.0347. The largest absolute Gasteiger partial charge is 0.383 e. The average Bonchev–Trinajstić information content (AvgIpc) is 2.42. The van der Waals surface area contributed by atoms with Crippen molar-refractivity contribution in [2.24, 2.45) is 0 Å². The summed E-state index contributed by atoms with van der Waals surface area (Å²) < 4.78 is 0. The molecule has 1 aromatic carbocycles. The molecule has 0 spiro atoms. The van der Waals surface area contributed by atoms with Crippen LogP contribution in [-0.4, -0.2) is 28.7 Å². The van der Waals surface area contributed by atoms with Crippen molar-refractivity contribution < 1.29 is 14.5 Å². The standard InChI is InChI=1S/C13H15N3O4/c1-14-10-7-9(5-6-11(10)16(19)20)8-15-12(17)3-2-4-13(15)18/h5-7,14H,2-4,8H2,1H3. The summed E-state index contributed by atoms with van der Waals surface area (Å²) >= 11 is 0. The second-order valence-electron chi connectivity index (χ2n) is 4.59. The number of carbonyl (C=O) groups excluding carboxylic acids is 2. The Balaban J connectivity index is 2.23. The van der Waals surface area contributed by atoms with Gasteiger partial charge in [-0.05, 0) is 18.1 Å². The Labute approximate surface area is 115 Å². The van der Waals surface area contributed by atoms with E-state index in [1.807, 2.05) is 0 Å². The fourth-order valence-electron chi connectivity index (χ4n) is 2.20. The predicted octanol–water partition coefficient (Wildman–Crippen LogP) is 1.68. The minimum atomic E-state index is -0.479. The molecule has 1 aromatic rings. The van der Waals surface area contributed by atoms with E-state index >= 15 is 0 Å². The van der Waals surface area contributed by atoms with Crippen molar-refractivity contribution in [3.63, 3.8) is 0 Å². The number of hydrogen-bond donors (Lipinski definition) is 1. The molecular formula is C13H15N3O4. The van der Waals surface area contributed by atoms with Crippen LogP contribution < -0.4 is 5.32 Å². The molecule has 1 N–H and O–H groups in total. The Morgan fingerprint density at radius 3 is 2.50 bits per heavy atom. The molecular weight excluding hydrogens is 262 g/mol. The molecule has 1 aliphatic heterocycles. The number of nitro groups is 1. The van der Waals surface area contributed by atoms with Gasteiger partial charge in [0.2, 0.25) is 11.8 Å². The SMILES string of the molecule is CNc1cc(CN2C(=O)CCCC2=O)ccc1[N+](=O)[O-]. The van der Waals surface area contributed by atoms with Gasteiger partial charge in [-0.2, -0.15) is 0 Å². The summed E-state index contributed by atoms with van der Waals surface area (Å²) in [4.78, 5) is 35.0. The van der Waals surface area contributed by atoms with E-state index in [-0.39, 0.29) is 24.0 Å². The van der Waals surface area contributed by atoms with Crippen molar-refractivity contribution in [3.8, 4) is 0 Å². The van der Waals surface area contributed by atoms with Crippen molar-refractivity contribution in [2.75, 3.05) is 12.4 Å². The first kappa shape index (κ1) is 14.0. The molecule has 1 heterocycles. The number of piperidine rings is 1. The van der Waals surface area contributed by atoms with E-state index in [9.17, 15) is 19.7 Å². The van der Waals surface area contributed by atoms with E-state index in [4.69, 9.17) is 0 Å². The number of carbonyl (C=O) groups is 2. The zero-order valence-corrected chi connectivity index (χ0v) is 11.1. The Bertz CT molecular complexity index is 555. The number of nitro benzene ring substituents is 1. The number of hydrogen-bond acceptors (Lipinski definition) is 5. The van der Waals surface area contributed by atoms with Gasteiger partial charge < -0.3 is 5.32 Å². The fraction of sp³-hybridized carbons (Fsp3) is 0.385. The first-order chi connectivity index (χ1) is 9.52. The molecule has 1 saturated heterocycles. The van der Waals surface area contributed by atoms with Gasteiger partial charge in [0.05, 0.1) is 11.5 Å². The molecule has 7 heteroatoms. The quantitative estimate of drug-likeness (QED) is 0.513. The van der Waals surface area contributed by atoms with Crippen LogP contribution in [0, 0.1) is 10.1 Å². The maximum absolute atomic E-state index is 11.7. The summed E-state index contributed by atoms with van der Waals surface area (Å²) in [5.74, 6) is -0.378. The number of likely N-dealkylation sites (tertiary alicyclic amines) is 1. The third-order valence-electron chi connectivity index (χ3n) is 3.25. The maximum Gasteiger partial charge on any atom is 0.292 e. The van der Waals surface area contributed by atoms with Crippen molar-refractivity contribution in [1.82, 2.24) is 4.90 Å². The average molecular weight is 277 g/mol. The molecule has 0 aliphatic carbocycles. The lowest BCUT2D eigenvalue weighted by atomic mass is 10.1. The molecule has 0 saturated carbocycles. The summed E-state index contributed by atoms with van der Waals surface area (Å²) in [6, 6.07) is 4.53. The molecule has 20 heavy (non-hydrogen) atoms. The molecule has 0 atom stereocenters. The van der Waals surface area contributed by atoms with Gasteiger partial charge in [-0.25, -0.2) is 0 Å². The Kier molecular flexibility index (Phi) is 3.97. The predicted molar refractivity (Wildman–Crippen MR) is 72.1 cm³/mol. The summed E-state index contributed by atoms with van der Waals surface area (Å²) in [7, 11) is 1.59. The molecule has 2 rings (SSSR count). The molecule has 1 fully saturated rings. The zero-order chi connectivity index (χ0) is 14.7. The van der Waals surface area contributed by atoms with E-state index in [0.29, 0.717) is 30.5 Å². The molecule has 7 nitrogen and oxygen atoms in total. The van der Waals surface area contributed by atoms with Crippen molar-refractivity contribution in [2.45, 2.75) is 25.8 Å². The van der Waals surface area contributed by atoms with E-state index in [1.165, 1.54) is 11.0 Å². The highest BCUT2D eigenvalue weighted by molar-refractivity contribution is 5.97. The number of nitrogens with one attached hydrogen (secondary N) is 1. The number of anilines is 1. The van der Waals surface area contributed by atoms with Crippen LogP contribution in [0.2, 0.25) is 0 Å². The van der Waals surface area contributed by atoms with Gasteiger partial charge in [0.25, 0.3) is 5.69 Å². The van der Waals surface area contributed by atoms with E-state index < -0.39 is 4.92 Å². The second-order valence-corrected chi connectivity index (χ2v) is 4.59. The zero-order valence-electron chi connectivity index (χ0n) is 11.1. The van der Waals surface area contributed by atoms with Crippen LogP contribution in [0.25, 0.3) is 0 Å². The minimum Gasteiger partial charge on any atom is -0.383 e. The topological polar surface area (TPSA) is 92.6 Å². The van der Waals surface area contributed by atoms with Gasteiger partial charge >= 0.3 is 0 Å². The number of imide groups is 1. The maximum atomic E-state index is 11.7. The molecule has 2 amide bonds. The van der Waals surface area contributed by atoms with Crippen LogP contribution in [0.3, 0.4) is 0 Å². The third kappa shape index (κ3) is 2.76. The normalized spacial score (nSPS) is 15.3. The highest BCUT2D eigenvalue weighted by Gasteiger charge is 2.26. The smallest absolute Gasteiger partial charge is 0.292 e. The van der Waals surface area contributed by atoms with E-state index in [0.717, 1.165) is 0 Å². The lowest BCUT2D eigenvalue weighted by molar-refractivity contribution is -0.384. The number of benzene rings is 1. The first-order valence-electron chi connectivity index (χ1n) is 6.31. The second kappa shape index (κ2) is 5.68. The monoisotopic (exact) mass is 277 g/mol. The van der Waals surface area contributed by atoms with Crippen LogP contribution >= 0.6 is 0 Å². The van der Waals surface area contributed by atoms with Crippen molar-refractivity contribution >= 4 is 23.2 Å². The van der Waals surface area contributed by atoms with Gasteiger partial charge in [0.1, 0.15) is 5.69 Å². The molecule has 1 aliphatic rings. The van der Waals surface area contributed by atoms with Gasteiger partial charge in [-0.15, -0.1) is 0 Å². The van der Waals surface area contributed by atoms with Crippen LogP contribution in [0.5, 0.6) is 0 Å². The third-order valence-corrected chi connectivity index (χ3v) is 3.25. The Morgan fingerprint density at radius 1 is 1.30 bits per heavy atom. The van der Waals surface area contributed by atoms with Gasteiger partial charge in [-0.3, -0.25) is 24.6 Å². The van der Waals surface area contributed by atoms with Crippen molar-refractivity contribution in [3.05, 3.63) is 33.9 Å². The lowest BCUT2D eigenvalue weighted by Gasteiger charge is -2.25. The van der Waals surface area contributed by atoms with Crippen molar-refractivity contribution in [1.29, 1.82) is 0 Å². The van der Waals surface area contributed by atoms with Gasteiger partial charge in [0, 0.05) is 26.0 Å². The highest BCUT2D eigenvalue weighted by Crippen LogP contribution is 2.26. The fourth-order valence-corrected chi connectivity index (χ4v) is 2.20. The number of rotatable bonds is 4. The van der Waals surface area contributed by atoms with Gasteiger partial charge in [-0.1, -0.05) is 6.07 Å². The number of amides is 2. The highest BCUT2D eigenvalue weighted by atomic mass is 16.6. The van der Waals surface area contributed by atoms with Crippen LogP contribution in [0.15, 0.2) is 18.2 Å². The summed E-state index contributed by atoms with van der Waals surface area (Å²) in [6.45, 7) is 0.157. The Hall–Kier alpha value is -2.44. The van der Waals surface area contributed by atoms with Gasteiger partial charge in [0.15, 0.2) is 0 Å². The Morgan fingerprint density at radius 2 is 1.95 bits per heavy atom. The van der Waals surface area contributed by atoms with Crippen LogP contribution in [0.1, 0.15) is 24.8 Å². The molecule has 106 valence electrons. The molecule has 0 radical (unpaired) electrons. The summed E-state index contributed by atoms with van der Waals surface area (Å²) in [5, 5.41) is 13.6. The summed E-state index contributed by atoms with van der Waals surface area (Å²) in [6.07, 6.45) is 1.34. The van der Waals surface area contributed by atoms with Crippen LogP contribution in [-0.2, 0) is 16.1 Å². The first-order valence-corrected chi connectivity index (χ1v) is 6.31. The number of nitrogens with zero attached hydrogens (tertiary/aromatic N) is 2.